The second-order valence-electron chi connectivity index (χ2n) is 21.0. The van der Waals surface area contributed by atoms with Crippen LogP contribution in [-0.2, 0) is 14.6 Å². The van der Waals surface area contributed by atoms with E-state index in [2.05, 4.69) is 76.5 Å². The molecule has 0 aromatic heterocycles. The van der Waals surface area contributed by atoms with Crippen molar-refractivity contribution in [1.29, 1.82) is 0 Å². The van der Waals surface area contributed by atoms with Gasteiger partial charge in [0.15, 0.2) is 5.78 Å². The number of sulfone groups is 1. The summed E-state index contributed by atoms with van der Waals surface area (Å²) in [4.78, 5) is 29.5. The minimum Gasteiger partial charge on any atom is -0.340 e. The number of fused-ring (bicyclic) bond motifs is 7. The zero-order valence-corrected chi connectivity index (χ0v) is 37.0. The third kappa shape index (κ3) is 7.11. The van der Waals surface area contributed by atoms with Crippen LogP contribution in [0, 0.1) is 56.7 Å². The normalized spacial score (nSPS) is 38.1. The molecular weight excluding hydrogens is 715 g/mol. The average molecular weight is 788 g/mol. The number of amides is 1. The van der Waals surface area contributed by atoms with E-state index in [1.165, 1.54) is 74.3 Å². The molecule has 1 heterocycles. The number of allylic oxidation sites excluding steroid dienone is 3. The lowest BCUT2D eigenvalue weighted by molar-refractivity contribution is -0.225. The number of hydrogen-bond donors (Lipinski definition) is 1. The molecule has 310 valence electrons. The van der Waals surface area contributed by atoms with Gasteiger partial charge in [-0.2, -0.15) is 0 Å². The first-order valence-corrected chi connectivity index (χ1v) is 24.2. The summed E-state index contributed by atoms with van der Waals surface area (Å²) < 4.78 is 23.2. The number of Topliss-reactive ketones (excluding diaryl/α,β-unsaturated/α-hetero) is 1. The highest BCUT2D eigenvalue weighted by molar-refractivity contribution is 7.90. The van der Waals surface area contributed by atoms with E-state index in [-0.39, 0.29) is 44.5 Å². The average Bonchev–Trinajstić information content (AvgIpc) is 3.53. The molecule has 0 unspecified atom stereocenters. The summed E-state index contributed by atoms with van der Waals surface area (Å²) >= 11 is 0. The number of nitrogens with one attached hydrogen (secondary N) is 1. The van der Waals surface area contributed by atoms with Crippen molar-refractivity contribution < 1.29 is 18.0 Å². The van der Waals surface area contributed by atoms with Crippen molar-refractivity contribution in [2.45, 2.75) is 113 Å². The van der Waals surface area contributed by atoms with E-state index < -0.39 is 9.84 Å². The van der Waals surface area contributed by atoms with Crippen LogP contribution in [0.5, 0.6) is 0 Å². The van der Waals surface area contributed by atoms with Gasteiger partial charge in [0, 0.05) is 64.1 Å². The lowest BCUT2D eigenvalue weighted by Gasteiger charge is -2.72. The van der Waals surface area contributed by atoms with E-state index in [1.807, 2.05) is 17.0 Å². The van der Waals surface area contributed by atoms with Crippen LogP contribution in [0.2, 0.25) is 0 Å². The van der Waals surface area contributed by atoms with Crippen LogP contribution in [0.3, 0.4) is 0 Å². The first-order valence-electron chi connectivity index (χ1n) is 22.1. The Bertz CT molecular complexity index is 1830. The molecular formula is C48H73N3O4S. The number of hydrogen-bond acceptors (Lipinski definition) is 6. The largest absolute Gasteiger partial charge is 0.340 e. The maximum Gasteiger partial charge on any atom is 0.223 e. The van der Waals surface area contributed by atoms with Crippen LogP contribution in [0.25, 0.3) is 5.57 Å². The van der Waals surface area contributed by atoms with Crippen LogP contribution >= 0.6 is 0 Å². The monoisotopic (exact) mass is 788 g/mol. The highest BCUT2D eigenvalue weighted by Gasteiger charge is 2.70. The molecule has 56 heavy (non-hydrogen) atoms. The van der Waals surface area contributed by atoms with Gasteiger partial charge in [0.1, 0.15) is 9.84 Å². The van der Waals surface area contributed by atoms with Gasteiger partial charge in [-0.1, -0.05) is 77.1 Å². The maximum atomic E-state index is 13.3. The fraction of sp³-hybridized carbons (Fsp3) is 0.750. The molecule has 9 atom stereocenters. The summed E-state index contributed by atoms with van der Waals surface area (Å²) in [5.74, 6) is 3.72. The second kappa shape index (κ2) is 15.1. The Labute approximate surface area is 339 Å². The fourth-order valence-electron chi connectivity index (χ4n) is 14.8. The fourth-order valence-corrected chi connectivity index (χ4v) is 15.4. The molecule has 8 heteroatoms. The molecule has 0 bridgehead atoms. The lowest BCUT2D eigenvalue weighted by Crippen LogP contribution is -2.65. The highest BCUT2D eigenvalue weighted by Crippen LogP contribution is 2.77. The van der Waals surface area contributed by atoms with Gasteiger partial charge in [-0.15, -0.1) is 0 Å². The summed E-state index contributed by atoms with van der Waals surface area (Å²) in [6.07, 6.45) is 15.8. The molecule has 1 N–H and O–H groups in total. The molecule has 1 aromatic rings. The lowest BCUT2D eigenvalue weighted by atomic mass is 9.32. The number of benzene rings is 1. The van der Waals surface area contributed by atoms with E-state index in [1.54, 1.807) is 6.92 Å². The van der Waals surface area contributed by atoms with Gasteiger partial charge in [-0.05, 0) is 139 Å². The molecule has 1 aromatic carbocycles. The van der Waals surface area contributed by atoms with E-state index in [9.17, 15) is 18.0 Å². The van der Waals surface area contributed by atoms with E-state index in [0.29, 0.717) is 62.2 Å². The van der Waals surface area contributed by atoms with Crippen LogP contribution in [-0.4, -0.2) is 87.7 Å². The van der Waals surface area contributed by atoms with E-state index in [4.69, 9.17) is 0 Å². The second-order valence-corrected chi connectivity index (χ2v) is 23.3. The van der Waals surface area contributed by atoms with Gasteiger partial charge in [0.05, 0.1) is 5.75 Å². The first-order chi connectivity index (χ1) is 26.3. The van der Waals surface area contributed by atoms with Crippen LogP contribution in [0.1, 0.15) is 129 Å². The van der Waals surface area contributed by atoms with Crippen LogP contribution in [0.15, 0.2) is 42.5 Å². The number of rotatable bonds is 11. The van der Waals surface area contributed by atoms with Crippen molar-refractivity contribution in [3.63, 3.8) is 0 Å². The number of nitrogens with zero attached hydrogens (tertiary/aromatic N) is 2. The molecule has 1 aliphatic heterocycles. The topological polar surface area (TPSA) is 86.8 Å². The van der Waals surface area contributed by atoms with Crippen molar-refractivity contribution in [3.05, 3.63) is 53.6 Å². The predicted molar refractivity (Wildman–Crippen MR) is 229 cm³/mol. The van der Waals surface area contributed by atoms with Gasteiger partial charge < -0.3 is 10.2 Å². The van der Waals surface area contributed by atoms with Crippen molar-refractivity contribution >= 4 is 27.1 Å². The van der Waals surface area contributed by atoms with Gasteiger partial charge in [0.25, 0.3) is 0 Å². The first kappa shape index (κ1) is 41.9. The predicted octanol–water partition coefficient (Wildman–Crippen LogP) is 8.71. The SMILES string of the molecule is C=C(C)[C@@H]1CC[C@]2(CNCCC(=O)N3CCN(CCS(C)(=O)=O)CC3)CC[C@]3(C)[C@H](CC[C@@H]4[C@@]5(C)CC=C(c6ccc(C(C)=O)cc6)C(C)(C)[C@@H]5CC[C@]43C)[C@@H]12. The molecule has 7 rings (SSSR count). The standard InChI is InChI=1S/C48H73N3O4S/c1-33(2)37-16-22-48(32-49-25-19-42(53)51-28-26-50(27-29-51)30-31-56(9,54)55)24-23-46(7)39(43(37)48)14-15-41-45(6)20-17-38(36-12-10-35(11-13-36)34(3)52)44(4,5)40(45)18-21-47(41,46)8/h10-13,17,37,39-41,43,49H,1,14-16,18-32H2,2-9H3/t37-,39+,40-,41+,43+,45-,46+,47+,48+/m0/s1. The van der Waals surface area contributed by atoms with Gasteiger partial charge in [-0.25, -0.2) is 8.42 Å². The van der Waals surface area contributed by atoms with Crippen LogP contribution in [0.4, 0.5) is 0 Å². The number of piperazine rings is 1. The Kier molecular flexibility index (Phi) is 11.3. The summed E-state index contributed by atoms with van der Waals surface area (Å²) in [6, 6.07) is 8.39. The zero-order chi connectivity index (χ0) is 40.5. The summed E-state index contributed by atoms with van der Waals surface area (Å²) in [5, 5.41) is 3.87. The number of carbonyl (C=O) groups is 2. The number of ketones is 1. The smallest absolute Gasteiger partial charge is 0.223 e. The van der Waals surface area contributed by atoms with Crippen molar-refractivity contribution in [3.8, 4) is 0 Å². The summed E-state index contributed by atoms with van der Waals surface area (Å²) in [6.45, 7) is 26.8. The van der Waals surface area contributed by atoms with Gasteiger partial charge >= 0.3 is 0 Å². The quantitative estimate of drug-likeness (QED) is 0.137. The van der Waals surface area contributed by atoms with Crippen LogP contribution < -0.4 is 5.32 Å². The molecule has 6 aliphatic rings. The molecule has 0 radical (unpaired) electrons. The Hall–Kier alpha value is -2.29. The third-order valence-electron chi connectivity index (χ3n) is 17.9. The van der Waals surface area contributed by atoms with Gasteiger partial charge in [0.2, 0.25) is 5.91 Å². The van der Waals surface area contributed by atoms with Crippen molar-refractivity contribution in [2.75, 3.05) is 57.8 Å². The third-order valence-corrected chi connectivity index (χ3v) is 18.8. The molecule has 1 saturated heterocycles. The molecule has 4 saturated carbocycles. The number of carbonyl (C=O) groups excluding carboxylic acids is 2. The highest BCUT2D eigenvalue weighted by atomic mass is 32.2. The molecule has 5 fully saturated rings. The Morgan fingerprint density at radius 1 is 0.857 bits per heavy atom. The van der Waals surface area contributed by atoms with E-state index >= 15 is 0 Å². The Balaban J connectivity index is 1.04. The van der Waals surface area contributed by atoms with Crippen molar-refractivity contribution in [2.24, 2.45) is 56.7 Å². The zero-order valence-electron chi connectivity index (χ0n) is 36.1. The summed E-state index contributed by atoms with van der Waals surface area (Å²) in [7, 11) is -2.98. The van der Waals surface area contributed by atoms with Crippen molar-refractivity contribution in [1.82, 2.24) is 15.1 Å². The molecule has 1 amide bonds. The maximum absolute atomic E-state index is 13.3. The summed E-state index contributed by atoms with van der Waals surface area (Å²) in [5.41, 5.74) is 6.05. The minimum absolute atomic E-state index is 0.0590. The van der Waals surface area contributed by atoms with E-state index in [0.717, 1.165) is 31.6 Å². The minimum atomic E-state index is -2.98. The molecule has 0 spiro atoms. The Morgan fingerprint density at radius 2 is 1.55 bits per heavy atom. The Morgan fingerprint density at radius 3 is 2.20 bits per heavy atom. The molecule has 7 nitrogen and oxygen atoms in total. The molecule has 5 aliphatic carbocycles. The van der Waals surface area contributed by atoms with Gasteiger partial charge in [-0.3, -0.25) is 14.5 Å².